The van der Waals surface area contributed by atoms with Crippen molar-refractivity contribution >= 4 is 29.5 Å². The van der Waals surface area contributed by atoms with Crippen LogP contribution in [0.5, 0.6) is 0 Å². The fourth-order valence-electron chi connectivity index (χ4n) is 8.46. The molecule has 3 fully saturated rings. The van der Waals surface area contributed by atoms with Crippen LogP contribution in [-0.2, 0) is 19.1 Å². The molecule has 7 nitrogen and oxygen atoms in total. The Morgan fingerprint density at radius 2 is 1.77 bits per heavy atom. The molecule has 0 spiro atoms. The third-order valence-corrected chi connectivity index (χ3v) is 11.7. The number of hydrogen-bond donors (Lipinski definition) is 1. The Morgan fingerprint density at radius 1 is 1.07 bits per heavy atom. The molecule has 2 aromatic rings. The van der Waals surface area contributed by atoms with Gasteiger partial charge in [-0.25, -0.2) is 14.0 Å². The molecule has 4 aliphatic carbocycles. The first kappa shape index (κ1) is 30.3. The third kappa shape index (κ3) is 4.45. The number of fused-ring (bicyclic) bond motifs is 5. The molecule has 44 heavy (non-hydrogen) atoms. The number of halogens is 1. The number of allylic oxidation sites excluding steroid dienone is 4. The first-order chi connectivity index (χ1) is 21.0. The van der Waals surface area contributed by atoms with Gasteiger partial charge in [0.15, 0.2) is 18.1 Å². The number of alkyl halides is 1. The summed E-state index contributed by atoms with van der Waals surface area (Å²) < 4.78 is 29.0. The number of carbonyl (C=O) groups excluding carboxylic acids is 3. The van der Waals surface area contributed by atoms with Crippen molar-refractivity contribution in [3.63, 3.8) is 0 Å². The minimum Gasteiger partial charge on any atom is -0.447 e. The Labute approximate surface area is 260 Å². The zero-order chi connectivity index (χ0) is 31.3. The second kappa shape index (κ2) is 11.0. The summed E-state index contributed by atoms with van der Waals surface area (Å²) in [6.07, 6.45) is 3.99. The van der Waals surface area contributed by atoms with E-state index in [0.717, 1.165) is 9.79 Å². The summed E-state index contributed by atoms with van der Waals surface area (Å²) in [6, 6.07) is 18.4. The van der Waals surface area contributed by atoms with Gasteiger partial charge in [0.25, 0.3) is 0 Å². The molecule has 0 radical (unpaired) electrons. The number of nitriles is 1. The topological polar surface area (TPSA) is 114 Å². The summed E-state index contributed by atoms with van der Waals surface area (Å²) in [5.41, 5.74) is -5.40. The molecule has 0 heterocycles. The first-order valence-electron chi connectivity index (χ1n) is 14.9. The highest BCUT2D eigenvalue weighted by molar-refractivity contribution is 7.99. The lowest BCUT2D eigenvalue weighted by Crippen LogP contribution is -2.69. The number of ketones is 1. The Morgan fingerprint density at radius 3 is 2.48 bits per heavy atom. The molecule has 228 valence electrons. The molecule has 7 atom stereocenters. The van der Waals surface area contributed by atoms with Gasteiger partial charge in [0.05, 0.1) is 11.7 Å². The van der Waals surface area contributed by atoms with Gasteiger partial charge in [0.1, 0.15) is 6.07 Å². The Bertz CT molecular complexity index is 1600. The standard InChI is InChI=1S/C35H34FNO6S/c1-32-16-14-24(38)20-23(32)10-13-28-27-15-17-34(31(41)42-19-18-37,33(27,2)21-29(39)35(28,32)36)43-30(40)22-8-11-26(12-9-22)44-25-6-4-3-5-7-25/h3-9,11-12,14,16,20,27-29,39H,10,13,15,17,19,21H2,1-2H3/t27-,28-,29-,32-,33-,34?,35?/m0/s1. The highest BCUT2D eigenvalue weighted by Gasteiger charge is 2.76. The van der Waals surface area contributed by atoms with Crippen LogP contribution in [-0.4, -0.2) is 46.8 Å². The van der Waals surface area contributed by atoms with Gasteiger partial charge in [-0.3, -0.25) is 4.79 Å². The number of aliphatic hydroxyl groups excluding tert-OH is 1. The second-order valence-electron chi connectivity index (χ2n) is 12.7. The second-order valence-corrected chi connectivity index (χ2v) is 13.8. The van der Waals surface area contributed by atoms with E-state index in [1.54, 1.807) is 50.3 Å². The van der Waals surface area contributed by atoms with Gasteiger partial charge in [-0.15, -0.1) is 0 Å². The molecule has 0 bridgehead atoms. The average Bonchev–Trinajstić information content (AvgIpc) is 3.29. The van der Waals surface area contributed by atoms with Gasteiger partial charge in [0, 0.05) is 26.5 Å². The lowest BCUT2D eigenvalue weighted by molar-refractivity contribution is -0.224. The Kier molecular flexibility index (Phi) is 7.58. The fraction of sp³-hybridized carbons (Fsp3) is 0.429. The molecule has 0 aromatic heterocycles. The van der Waals surface area contributed by atoms with Crippen LogP contribution in [0.25, 0.3) is 0 Å². The van der Waals surface area contributed by atoms with Gasteiger partial charge >= 0.3 is 11.9 Å². The molecule has 6 rings (SSSR count). The lowest BCUT2D eigenvalue weighted by atomic mass is 9.45. The van der Waals surface area contributed by atoms with Gasteiger partial charge < -0.3 is 14.6 Å². The van der Waals surface area contributed by atoms with Gasteiger partial charge in [-0.05, 0) is 93.5 Å². The first-order valence-corrected chi connectivity index (χ1v) is 15.7. The monoisotopic (exact) mass is 615 g/mol. The van der Waals surface area contributed by atoms with E-state index in [4.69, 9.17) is 14.7 Å². The van der Waals surface area contributed by atoms with Crippen LogP contribution in [0.15, 0.2) is 88.2 Å². The number of hydrogen-bond acceptors (Lipinski definition) is 8. The number of nitrogens with zero attached hydrogens (tertiary/aromatic N) is 1. The van der Waals surface area contributed by atoms with Crippen molar-refractivity contribution in [2.75, 3.05) is 6.61 Å². The van der Waals surface area contributed by atoms with E-state index in [9.17, 15) is 19.5 Å². The highest BCUT2D eigenvalue weighted by atomic mass is 32.2. The maximum absolute atomic E-state index is 17.5. The lowest BCUT2D eigenvalue weighted by Gasteiger charge is -2.62. The van der Waals surface area contributed by atoms with Crippen molar-refractivity contribution in [2.45, 2.75) is 73.1 Å². The highest BCUT2D eigenvalue weighted by Crippen LogP contribution is 2.70. The van der Waals surface area contributed by atoms with Crippen molar-refractivity contribution in [3.05, 3.63) is 84.0 Å². The fourth-order valence-corrected chi connectivity index (χ4v) is 9.30. The number of esters is 2. The summed E-state index contributed by atoms with van der Waals surface area (Å²) in [5, 5.41) is 20.8. The number of aliphatic hydroxyl groups is 1. The molecular formula is C35H34FNO6S. The molecule has 0 saturated heterocycles. The van der Waals surface area contributed by atoms with E-state index >= 15 is 4.39 Å². The third-order valence-electron chi connectivity index (χ3n) is 10.7. The molecular weight excluding hydrogens is 581 g/mol. The van der Waals surface area contributed by atoms with Crippen LogP contribution in [0.2, 0.25) is 0 Å². The molecule has 3 saturated carbocycles. The van der Waals surface area contributed by atoms with E-state index in [2.05, 4.69) is 0 Å². The summed E-state index contributed by atoms with van der Waals surface area (Å²) in [4.78, 5) is 41.6. The number of benzene rings is 2. The predicted molar refractivity (Wildman–Crippen MR) is 160 cm³/mol. The summed E-state index contributed by atoms with van der Waals surface area (Å²) >= 11 is 1.54. The number of carbonyl (C=O) groups is 3. The minimum atomic E-state index is -2.10. The van der Waals surface area contributed by atoms with Crippen LogP contribution >= 0.6 is 11.8 Å². The molecule has 4 aliphatic rings. The maximum atomic E-state index is 17.5. The summed E-state index contributed by atoms with van der Waals surface area (Å²) in [5.74, 6) is -2.91. The van der Waals surface area contributed by atoms with E-state index in [-0.39, 0.29) is 24.2 Å². The molecule has 0 amide bonds. The predicted octanol–water partition coefficient (Wildman–Crippen LogP) is 6.17. The molecule has 1 N–H and O–H groups in total. The molecule has 2 unspecified atom stereocenters. The van der Waals surface area contributed by atoms with Gasteiger partial charge in [-0.2, -0.15) is 5.26 Å². The molecule has 9 heteroatoms. The number of ether oxygens (including phenoxy) is 2. The SMILES string of the molecule is C[C@]12C=CC(=O)C=C1CC[C@H]1[C@@H]3CCC(OC(=O)c4ccc(Sc5ccccc5)cc4)(C(=O)OCC#N)[C@@]3(C)C[C@H](O)C12F. The quantitative estimate of drug-likeness (QED) is 0.384. The van der Waals surface area contributed by atoms with Crippen molar-refractivity contribution in [1.82, 2.24) is 0 Å². The van der Waals surface area contributed by atoms with E-state index in [1.165, 1.54) is 23.9 Å². The number of rotatable bonds is 6. The summed E-state index contributed by atoms with van der Waals surface area (Å²) in [6.45, 7) is 2.96. The van der Waals surface area contributed by atoms with Crippen LogP contribution in [0.1, 0.15) is 56.3 Å². The van der Waals surface area contributed by atoms with Crippen LogP contribution in [0.4, 0.5) is 4.39 Å². The van der Waals surface area contributed by atoms with Crippen LogP contribution in [0.3, 0.4) is 0 Å². The van der Waals surface area contributed by atoms with Gasteiger partial charge in [-0.1, -0.05) is 48.5 Å². The smallest absolute Gasteiger partial charge is 0.352 e. The maximum Gasteiger partial charge on any atom is 0.352 e. The van der Waals surface area contributed by atoms with Gasteiger partial charge in [0.2, 0.25) is 5.60 Å². The van der Waals surface area contributed by atoms with Crippen molar-refractivity contribution in [1.29, 1.82) is 5.26 Å². The van der Waals surface area contributed by atoms with Crippen molar-refractivity contribution < 1.29 is 33.4 Å². The van der Waals surface area contributed by atoms with E-state index in [0.29, 0.717) is 24.8 Å². The van der Waals surface area contributed by atoms with Crippen LogP contribution < -0.4 is 0 Å². The average molecular weight is 616 g/mol. The van der Waals surface area contributed by atoms with Crippen molar-refractivity contribution in [3.8, 4) is 6.07 Å². The summed E-state index contributed by atoms with van der Waals surface area (Å²) in [7, 11) is 0. The van der Waals surface area contributed by atoms with E-state index < -0.39 is 58.6 Å². The normalized spacial score (nSPS) is 35.4. The zero-order valence-corrected chi connectivity index (χ0v) is 25.4. The van der Waals surface area contributed by atoms with Crippen molar-refractivity contribution in [2.24, 2.45) is 22.7 Å². The van der Waals surface area contributed by atoms with Crippen LogP contribution in [0, 0.1) is 34.0 Å². The van der Waals surface area contributed by atoms with E-state index in [1.807, 2.05) is 30.3 Å². The Hall–Kier alpha value is -3.74. The molecule has 2 aromatic carbocycles. The molecule has 0 aliphatic heterocycles. The minimum absolute atomic E-state index is 0.0686. The zero-order valence-electron chi connectivity index (χ0n) is 24.6. The largest absolute Gasteiger partial charge is 0.447 e. The Balaban J connectivity index is 1.32.